The molecule has 2 amide bonds. The highest BCUT2D eigenvalue weighted by atomic mass is 32.2. The number of Topliss-reactive ketones (excluding diaryl/α,β-unsaturated/α-hetero) is 2. The van der Waals surface area contributed by atoms with E-state index < -0.39 is 74.3 Å². The Bertz CT molecular complexity index is 1160. The van der Waals surface area contributed by atoms with E-state index in [0.717, 1.165) is 25.5 Å². The number of carbonyl (C=O) groups excluding carboxylic acids is 5. The molecule has 3 rings (SSSR count). The van der Waals surface area contributed by atoms with Crippen molar-refractivity contribution in [3.05, 3.63) is 12.2 Å². The average molecular weight is 583 g/mol. The van der Waals surface area contributed by atoms with E-state index in [0.29, 0.717) is 19.3 Å². The van der Waals surface area contributed by atoms with Gasteiger partial charge in [-0.3, -0.25) is 19.2 Å². The highest BCUT2D eigenvalue weighted by Crippen LogP contribution is 2.57. The molecular formula is C28H42N2O9S. The molecule has 0 radical (unpaired) electrons. The summed E-state index contributed by atoms with van der Waals surface area (Å²) in [4.78, 5) is 66.4. The number of amides is 2. The van der Waals surface area contributed by atoms with E-state index in [1.165, 1.54) is 11.8 Å². The van der Waals surface area contributed by atoms with Gasteiger partial charge in [0.2, 0.25) is 5.91 Å². The number of ether oxygens (including phenoxy) is 2. The highest BCUT2D eigenvalue weighted by Gasteiger charge is 2.60. The molecule has 0 aromatic rings. The van der Waals surface area contributed by atoms with Crippen LogP contribution >= 0.6 is 0 Å². The van der Waals surface area contributed by atoms with Crippen LogP contribution in [0.5, 0.6) is 0 Å². The summed E-state index contributed by atoms with van der Waals surface area (Å²) in [6.07, 6.45) is 6.87. The molecule has 0 aromatic heterocycles. The number of hydrogen-bond acceptors (Lipinski definition) is 9. The number of esters is 1. The number of nitrogens with one attached hydrogen (secondary N) is 1. The Balaban J connectivity index is 1.93. The SMILES string of the molecule is CC(=O)O[C@@H]1C[C@H]2C(=O)C[C@]3(C(=O)CS(C)(=O)=O)C[C@H]3/C=C\CCCCC[C@H](NC(=O)OC(C)(C)C)C(=O)N2C1. The van der Waals surface area contributed by atoms with Crippen molar-refractivity contribution in [3.8, 4) is 0 Å². The number of fused-ring (bicyclic) bond motifs is 2. The smallest absolute Gasteiger partial charge is 0.408 e. The van der Waals surface area contributed by atoms with E-state index in [2.05, 4.69) is 5.32 Å². The van der Waals surface area contributed by atoms with E-state index in [1.807, 2.05) is 12.2 Å². The maximum atomic E-state index is 13.8. The molecule has 224 valence electrons. The van der Waals surface area contributed by atoms with Crippen LogP contribution < -0.4 is 5.32 Å². The molecule has 1 N–H and O–H groups in total. The van der Waals surface area contributed by atoms with Crippen LogP contribution in [0, 0.1) is 11.3 Å². The fourth-order valence-corrected chi connectivity index (χ4v) is 6.40. The summed E-state index contributed by atoms with van der Waals surface area (Å²) in [7, 11) is -3.61. The van der Waals surface area contributed by atoms with Crippen molar-refractivity contribution in [2.24, 2.45) is 11.3 Å². The molecule has 2 fully saturated rings. The molecule has 2 aliphatic heterocycles. The Morgan fingerprint density at radius 3 is 2.48 bits per heavy atom. The summed E-state index contributed by atoms with van der Waals surface area (Å²) in [5.41, 5.74) is -1.92. The zero-order chi connectivity index (χ0) is 29.9. The summed E-state index contributed by atoms with van der Waals surface area (Å²) in [6.45, 7) is 6.34. The molecule has 1 saturated heterocycles. The zero-order valence-electron chi connectivity index (χ0n) is 24.1. The van der Waals surface area contributed by atoms with Crippen molar-refractivity contribution in [2.45, 2.75) is 103 Å². The van der Waals surface area contributed by atoms with Crippen molar-refractivity contribution >= 4 is 39.4 Å². The second kappa shape index (κ2) is 12.4. The number of allylic oxidation sites excluding steroid dienone is 2. The minimum atomic E-state index is -3.61. The lowest BCUT2D eigenvalue weighted by atomic mass is 9.88. The van der Waals surface area contributed by atoms with Crippen LogP contribution in [-0.2, 0) is 38.5 Å². The molecule has 1 aliphatic carbocycles. The van der Waals surface area contributed by atoms with Gasteiger partial charge in [-0.15, -0.1) is 0 Å². The molecule has 0 aromatic carbocycles. The van der Waals surface area contributed by atoms with Gasteiger partial charge in [0.25, 0.3) is 0 Å². The fourth-order valence-electron chi connectivity index (χ4n) is 5.64. The Labute approximate surface area is 236 Å². The van der Waals surface area contributed by atoms with Gasteiger partial charge >= 0.3 is 12.1 Å². The normalized spacial score (nSPS) is 30.7. The number of alkyl carbamates (subject to hydrolysis) is 1. The van der Waals surface area contributed by atoms with E-state index in [-0.39, 0.29) is 25.3 Å². The number of carbonyl (C=O) groups is 5. The standard InChI is InChI=1S/C28H42N2O9S/c1-18(31)38-20-13-22-23(32)15-28(24(33)17-40(5,36)37)14-19(28)11-9-7-6-8-10-12-21(25(34)30(22)16-20)29-26(35)39-27(2,3)4/h9,11,19-22H,6-8,10,12-17H2,1-5H3,(H,29,35)/b11-9-/t19-,20-,21+,22+,28-/m1/s1. The number of nitrogens with zero attached hydrogens (tertiary/aromatic N) is 1. The van der Waals surface area contributed by atoms with Crippen LogP contribution in [0.4, 0.5) is 4.79 Å². The van der Waals surface area contributed by atoms with E-state index in [9.17, 15) is 32.4 Å². The second-order valence-corrected chi connectivity index (χ2v) is 14.5. The first-order valence-corrected chi connectivity index (χ1v) is 15.9. The van der Waals surface area contributed by atoms with Crippen LogP contribution in [0.25, 0.3) is 0 Å². The number of sulfone groups is 1. The minimum absolute atomic E-state index is 0.0328. The summed E-state index contributed by atoms with van der Waals surface area (Å²) >= 11 is 0. The van der Waals surface area contributed by atoms with E-state index >= 15 is 0 Å². The largest absolute Gasteiger partial charge is 0.461 e. The van der Waals surface area contributed by atoms with Crippen LogP contribution in [0.15, 0.2) is 12.2 Å². The molecule has 0 spiro atoms. The maximum absolute atomic E-state index is 13.8. The van der Waals surface area contributed by atoms with E-state index in [4.69, 9.17) is 9.47 Å². The molecule has 0 bridgehead atoms. The molecule has 40 heavy (non-hydrogen) atoms. The van der Waals surface area contributed by atoms with Crippen molar-refractivity contribution in [1.82, 2.24) is 10.2 Å². The minimum Gasteiger partial charge on any atom is -0.461 e. The number of ketones is 2. The van der Waals surface area contributed by atoms with Crippen molar-refractivity contribution in [1.29, 1.82) is 0 Å². The average Bonchev–Trinajstić information content (AvgIpc) is 3.32. The first kappa shape index (κ1) is 31.8. The van der Waals surface area contributed by atoms with Gasteiger partial charge in [0.05, 0.1) is 12.6 Å². The molecule has 5 atom stereocenters. The molecule has 0 unspecified atom stereocenters. The van der Waals surface area contributed by atoms with Crippen molar-refractivity contribution in [3.63, 3.8) is 0 Å². The summed E-state index contributed by atoms with van der Waals surface area (Å²) in [5.74, 6) is -2.85. The number of hydrogen-bond donors (Lipinski definition) is 1. The third-order valence-electron chi connectivity index (χ3n) is 7.54. The fraction of sp³-hybridized carbons (Fsp3) is 0.750. The molecule has 3 aliphatic rings. The summed E-state index contributed by atoms with van der Waals surface area (Å²) < 4.78 is 34.6. The quantitative estimate of drug-likeness (QED) is 0.380. The second-order valence-electron chi connectivity index (χ2n) is 12.3. The molecule has 11 nitrogen and oxygen atoms in total. The third kappa shape index (κ3) is 8.62. The lowest BCUT2D eigenvalue weighted by molar-refractivity contribution is -0.146. The molecule has 2 heterocycles. The Hall–Kier alpha value is -2.76. The van der Waals surface area contributed by atoms with Gasteiger partial charge in [0, 0.05) is 31.4 Å². The molecule has 1 saturated carbocycles. The van der Waals surface area contributed by atoms with Crippen molar-refractivity contribution < 1.29 is 41.9 Å². The topological polar surface area (TPSA) is 153 Å². The van der Waals surface area contributed by atoms with Crippen LogP contribution in [-0.4, -0.2) is 85.2 Å². The molecular weight excluding hydrogens is 540 g/mol. The Kier molecular flexibility index (Phi) is 9.85. The van der Waals surface area contributed by atoms with Gasteiger partial charge in [-0.25, -0.2) is 13.2 Å². The van der Waals surface area contributed by atoms with Gasteiger partial charge in [-0.1, -0.05) is 25.0 Å². The van der Waals surface area contributed by atoms with Gasteiger partial charge in [0.1, 0.15) is 23.5 Å². The number of rotatable bonds is 5. The lowest BCUT2D eigenvalue weighted by Gasteiger charge is -2.30. The monoisotopic (exact) mass is 582 g/mol. The Morgan fingerprint density at radius 2 is 1.85 bits per heavy atom. The van der Waals surface area contributed by atoms with Gasteiger partial charge in [0.15, 0.2) is 21.4 Å². The highest BCUT2D eigenvalue weighted by molar-refractivity contribution is 7.91. The third-order valence-corrected chi connectivity index (χ3v) is 8.33. The van der Waals surface area contributed by atoms with Gasteiger partial charge in [-0.05, 0) is 52.4 Å². The maximum Gasteiger partial charge on any atom is 0.408 e. The first-order valence-electron chi connectivity index (χ1n) is 13.9. The zero-order valence-corrected chi connectivity index (χ0v) is 24.9. The van der Waals surface area contributed by atoms with Crippen LogP contribution in [0.2, 0.25) is 0 Å². The summed E-state index contributed by atoms with van der Waals surface area (Å²) in [5, 5.41) is 2.66. The summed E-state index contributed by atoms with van der Waals surface area (Å²) in [6, 6.07) is -1.95. The predicted molar refractivity (Wildman–Crippen MR) is 146 cm³/mol. The first-order chi connectivity index (χ1) is 18.5. The van der Waals surface area contributed by atoms with Gasteiger partial charge in [-0.2, -0.15) is 0 Å². The Morgan fingerprint density at radius 1 is 1.15 bits per heavy atom. The lowest BCUT2D eigenvalue weighted by Crippen LogP contribution is -2.52. The predicted octanol–water partition coefficient (Wildman–Crippen LogP) is 2.51. The van der Waals surface area contributed by atoms with Crippen LogP contribution in [0.1, 0.15) is 79.1 Å². The van der Waals surface area contributed by atoms with Crippen molar-refractivity contribution in [2.75, 3.05) is 18.6 Å². The molecule has 12 heteroatoms. The van der Waals surface area contributed by atoms with Crippen LogP contribution in [0.3, 0.4) is 0 Å². The van der Waals surface area contributed by atoms with Gasteiger partial charge < -0.3 is 19.7 Å². The van der Waals surface area contributed by atoms with E-state index in [1.54, 1.807) is 20.8 Å².